The molecule has 0 spiro atoms. The van der Waals surface area contributed by atoms with Crippen LogP contribution < -0.4 is 17.0 Å². The van der Waals surface area contributed by atoms with Crippen molar-refractivity contribution in [1.29, 1.82) is 0 Å². The van der Waals surface area contributed by atoms with Gasteiger partial charge in [-0.15, -0.1) is 15.3 Å². The number of nitrogens with two attached hydrogens (primary N) is 2. The first-order valence-electron chi connectivity index (χ1n) is 5.22. The Kier molecular flexibility index (Phi) is 3.35. The zero-order chi connectivity index (χ0) is 16.6. The van der Waals surface area contributed by atoms with E-state index in [1.54, 1.807) is 0 Å². The van der Waals surface area contributed by atoms with Gasteiger partial charge in [0.15, 0.2) is 5.69 Å². The van der Waals surface area contributed by atoms with Gasteiger partial charge in [-0.25, -0.2) is 5.84 Å². The molecule has 0 aliphatic heterocycles. The van der Waals surface area contributed by atoms with Gasteiger partial charge in [-0.1, -0.05) is 0 Å². The zero-order valence-corrected chi connectivity index (χ0v) is 10.3. The molecular formula is C6H6N10O6. The van der Waals surface area contributed by atoms with Gasteiger partial charge < -0.3 is 11.2 Å². The zero-order valence-electron chi connectivity index (χ0n) is 10.3. The summed E-state index contributed by atoms with van der Waals surface area (Å²) in [5.41, 5.74) is 5.65. The lowest BCUT2D eigenvalue weighted by molar-refractivity contribution is -0.754. The quantitative estimate of drug-likeness (QED) is 0.246. The molecule has 16 nitrogen and oxygen atoms in total. The second kappa shape index (κ2) is 5.01. The van der Waals surface area contributed by atoms with Gasteiger partial charge in [0.05, 0.1) is 4.92 Å². The van der Waals surface area contributed by atoms with E-state index in [0.717, 1.165) is 0 Å². The van der Waals surface area contributed by atoms with Crippen LogP contribution >= 0.6 is 0 Å². The van der Waals surface area contributed by atoms with Gasteiger partial charge in [0.25, 0.3) is 0 Å². The number of rotatable bonds is 5. The number of hydrazine groups is 1. The van der Waals surface area contributed by atoms with Crippen LogP contribution in [0.1, 0.15) is 12.0 Å². The molecule has 0 unspecified atom stereocenters. The van der Waals surface area contributed by atoms with E-state index in [2.05, 4.69) is 15.3 Å². The summed E-state index contributed by atoms with van der Waals surface area (Å²) in [6.45, 7) is 0. The number of nitrogens with one attached hydrogen (secondary N) is 1. The monoisotopic (exact) mass is 314 g/mol. The van der Waals surface area contributed by atoms with Crippen molar-refractivity contribution in [2.45, 2.75) is 6.17 Å². The maximum atomic E-state index is 10.9. The Morgan fingerprint density at radius 1 is 1.14 bits per heavy atom. The van der Waals surface area contributed by atoms with Gasteiger partial charge in [0.2, 0.25) is 11.5 Å². The molecule has 0 aromatic carbocycles. The van der Waals surface area contributed by atoms with Crippen LogP contribution in [0.25, 0.3) is 5.65 Å². The molecule has 0 saturated carbocycles. The van der Waals surface area contributed by atoms with Crippen LogP contribution in [0.5, 0.6) is 0 Å². The predicted molar refractivity (Wildman–Crippen MR) is 66.4 cm³/mol. The molecule has 0 aliphatic rings. The number of nitrogens with zero attached hydrogens (tertiary/aromatic N) is 7. The lowest BCUT2D eigenvalue weighted by Gasteiger charge is -2.05. The van der Waals surface area contributed by atoms with Crippen molar-refractivity contribution in [3.8, 4) is 0 Å². The van der Waals surface area contributed by atoms with Crippen LogP contribution in [0, 0.1) is 30.3 Å². The molecule has 2 rings (SSSR count). The largest absolute Gasteiger partial charge is 0.511 e. The van der Waals surface area contributed by atoms with Gasteiger partial charge >= 0.3 is 17.7 Å². The van der Waals surface area contributed by atoms with Crippen LogP contribution in [0.2, 0.25) is 0 Å². The smallest absolute Gasteiger partial charge is 0.390 e. The van der Waals surface area contributed by atoms with Crippen LogP contribution in [0.15, 0.2) is 0 Å². The highest BCUT2D eigenvalue weighted by Crippen LogP contribution is 2.32. The fraction of sp³-hybridized carbons (Fsp3) is 0.167. The molecule has 2 aromatic rings. The summed E-state index contributed by atoms with van der Waals surface area (Å²) in [5, 5.41) is 42.6. The van der Waals surface area contributed by atoms with Gasteiger partial charge in [-0.2, -0.15) is 4.52 Å². The van der Waals surface area contributed by atoms with Crippen molar-refractivity contribution >= 4 is 22.8 Å². The molecule has 2 heterocycles. The Labute approximate surface area is 118 Å². The molecule has 116 valence electrons. The fourth-order valence-electron chi connectivity index (χ4n) is 1.65. The van der Waals surface area contributed by atoms with Crippen LogP contribution in [0.4, 0.5) is 17.2 Å². The molecule has 0 saturated heterocycles. The average molecular weight is 314 g/mol. The summed E-state index contributed by atoms with van der Waals surface area (Å²) in [6, 6.07) is 0. The first-order chi connectivity index (χ1) is 10.3. The van der Waals surface area contributed by atoms with Crippen molar-refractivity contribution in [3.05, 3.63) is 36.2 Å². The first kappa shape index (κ1) is 14.7. The highest BCUT2D eigenvalue weighted by molar-refractivity contribution is 5.81. The van der Waals surface area contributed by atoms with Crippen molar-refractivity contribution in [2.24, 2.45) is 5.84 Å². The summed E-state index contributed by atoms with van der Waals surface area (Å²) >= 11 is 0. The van der Waals surface area contributed by atoms with Gasteiger partial charge in [-0.3, -0.25) is 30.3 Å². The molecule has 2 aromatic heterocycles. The van der Waals surface area contributed by atoms with E-state index < -0.39 is 49.6 Å². The first-order valence-corrected chi connectivity index (χ1v) is 5.22. The molecule has 16 heteroatoms. The molecule has 0 fully saturated rings. The van der Waals surface area contributed by atoms with Crippen LogP contribution in [-0.2, 0) is 0 Å². The molecule has 0 bridgehead atoms. The summed E-state index contributed by atoms with van der Waals surface area (Å²) in [4.78, 5) is 29.1. The van der Waals surface area contributed by atoms with Gasteiger partial charge in [0, 0.05) is 0 Å². The second-order valence-corrected chi connectivity index (χ2v) is 3.75. The van der Waals surface area contributed by atoms with Crippen LogP contribution in [-0.4, -0.2) is 34.6 Å². The molecule has 0 aliphatic carbocycles. The Hall–Kier alpha value is -3.69. The SMILES string of the molecule is NNc1nn2c(C([N+](=O)[O-])[N+](=O)[O-])nnc2c(N)c1[N+](=O)[O-]. The number of anilines is 2. The van der Waals surface area contributed by atoms with Crippen molar-refractivity contribution < 1.29 is 14.8 Å². The van der Waals surface area contributed by atoms with E-state index >= 15 is 0 Å². The van der Waals surface area contributed by atoms with Crippen molar-refractivity contribution in [3.63, 3.8) is 0 Å². The predicted octanol–water partition coefficient (Wildman–Crippen LogP) is -1.55. The third kappa shape index (κ3) is 2.04. The number of aromatic nitrogens is 4. The highest BCUT2D eigenvalue weighted by Gasteiger charge is 2.42. The summed E-state index contributed by atoms with van der Waals surface area (Å²) in [7, 11) is 0. The van der Waals surface area contributed by atoms with Gasteiger partial charge in [-0.05, 0) is 0 Å². The topological polar surface area (TPSA) is 237 Å². The Morgan fingerprint density at radius 3 is 2.18 bits per heavy atom. The third-order valence-corrected chi connectivity index (χ3v) is 2.53. The molecule has 0 radical (unpaired) electrons. The highest BCUT2D eigenvalue weighted by atomic mass is 16.7. The molecule has 22 heavy (non-hydrogen) atoms. The minimum Gasteiger partial charge on any atom is -0.390 e. The Balaban J connectivity index is 2.82. The standard InChI is InChI=1S/C6H6N10O6/c7-1-2(14(17)18)3(9-8)12-13-4(1)10-11-5(13)6(15(19)20)16(21)22/h6H,7-8H2,(H,9,12). The Bertz CT molecular complexity index is 785. The van der Waals surface area contributed by atoms with E-state index in [4.69, 9.17) is 11.6 Å². The van der Waals surface area contributed by atoms with E-state index in [9.17, 15) is 30.3 Å². The minimum absolute atomic E-state index is 0.450. The summed E-state index contributed by atoms with van der Waals surface area (Å²) in [6.07, 6.45) is -2.48. The third-order valence-electron chi connectivity index (χ3n) is 2.53. The van der Waals surface area contributed by atoms with Crippen molar-refractivity contribution in [1.82, 2.24) is 19.8 Å². The fourth-order valence-corrected chi connectivity index (χ4v) is 1.65. The lowest BCUT2D eigenvalue weighted by Crippen LogP contribution is -2.23. The maximum absolute atomic E-state index is 10.9. The van der Waals surface area contributed by atoms with Crippen LogP contribution in [0.3, 0.4) is 0 Å². The number of fused-ring (bicyclic) bond motifs is 1. The summed E-state index contributed by atoms with van der Waals surface area (Å²) < 4.78 is 0.549. The van der Waals surface area contributed by atoms with E-state index in [-0.39, 0.29) is 0 Å². The number of hydrogen-bond donors (Lipinski definition) is 3. The summed E-state index contributed by atoms with van der Waals surface area (Å²) in [5.74, 6) is 3.71. The second-order valence-electron chi connectivity index (χ2n) is 3.75. The van der Waals surface area contributed by atoms with Crippen molar-refractivity contribution in [2.75, 3.05) is 11.2 Å². The number of nitro groups is 3. The van der Waals surface area contributed by atoms with E-state index in [0.29, 0.717) is 4.52 Å². The van der Waals surface area contributed by atoms with E-state index in [1.807, 2.05) is 5.43 Å². The maximum Gasteiger partial charge on any atom is 0.511 e. The normalized spacial score (nSPS) is 10.8. The molecular weight excluding hydrogens is 308 g/mol. The Morgan fingerprint density at radius 2 is 1.73 bits per heavy atom. The molecule has 5 N–H and O–H groups in total. The van der Waals surface area contributed by atoms with Gasteiger partial charge in [0.1, 0.15) is 9.85 Å². The number of nitrogen functional groups attached to an aromatic ring is 2. The number of hydrogen-bond acceptors (Lipinski definition) is 12. The average Bonchev–Trinajstić information content (AvgIpc) is 2.81. The molecule has 0 amide bonds. The molecule has 0 atom stereocenters. The lowest BCUT2D eigenvalue weighted by atomic mass is 10.3. The van der Waals surface area contributed by atoms with E-state index in [1.165, 1.54) is 0 Å². The minimum atomic E-state index is -2.48.